The van der Waals surface area contributed by atoms with Crippen LogP contribution in [0.25, 0.3) is 0 Å². The lowest BCUT2D eigenvalue weighted by molar-refractivity contribution is -0.192. The topological polar surface area (TPSA) is 76.8 Å². The lowest BCUT2D eigenvalue weighted by Crippen LogP contribution is -2.51. The highest BCUT2D eigenvalue weighted by molar-refractivity contribution is 5.73. The molecule has 3 rings (SSSR count). The maximum Gasteiger partial charge on any atom is 0.490 e. The molecule has 3 atom stereocenters. The summed E-state index contributed by atoms with van der Waals surface area (Å²) in [5, 5.41) is 11.4. The van der Waals surface area contributed by atoms with Crippen LogP contribution in [0.1, 0.15) is 18.4 Å². The molecule has 1 aromatic heterocycles. The number of morpholine rings is 1. The molecule has 0 unspecified atom stereocenters. The first kappa shape index (κ1) is 21.4. The van der Waals surface area contributed by atoms with Gasteiger partial charge in [-0.3, -0.25) is 9.58 Å². The Morgan fingerprint density at radius 3 is 2.78 bits per heavy atom. The van der Waals surface area contributed by atoms with E-state index in [1.165, 1.54) is 5.56 Å². The fourth-order valence-electron chi connectivity index (χ4n) is 3.35. The number of rotatable bonds is 5. The number of aryl methyl sites for hydroxylation is 1. The molecule has 2 fully saturated rings. The Labute approximate surface area is 155 Å². The number of nitrogens with zero attached hydrogens (tertiary/aromatic N) is 3. The Morgan fingerprint density at radius 2 is 2.22 bits per heavy atom. The molecule has 0 amide bonds. The highest BCUT2D eigenvalue weighted by Crippen LogP contribution is 2.32. The second-order valence-corrected chi connectivity index (χ2v) is 6.44. The van der Waals surface area contributed by atoms with Crippen molar-refractivity contribution in [3.63, 3.8) is 0 Å². The van der Waals surface area contributed by atoms with Crippen LogP contribution in [0.15, 0.2) is 25.0 Å². The first-order chi connectivity index (χ1) is 12.7. The van der Waals surface area contributed by atoms with Crippen molar-refractivity contribution < 1.29 is 32.5 Å². The van der Waals surface area contributed by atoms with Gasteiger partial charge in [-0.05, 0) is 12.8 Å². The molecule has 2 aliphatic rings. The Hall–Kier alpha value is -1.91. The van der Waals surface area contributed by atoms with Gasteiger partial charge >= 0.3 is 12.1 Å². The second kappa shape index (κ2) is 9.34. The first-order valence-electron chi connectivity index (χ1n) is 8.58. The number of alkyl halides is 3. The molecule has 27 heavy (non-hydrogen) atoms. The zero-order valence-electron chi connectivity index (χ0n) is 15.1. The van der Waals surface area contributed by atoms with Gasteiger partial charge < -0.3 is 14.6 Å². The Balaban J connectivity index is 0.000000321. The van der Waals surface area contributed by atoms with Crippen molar-refractivity contribution in [2.45, 2.75) is 43.8 Å². The van der Waals surface area contributed by atoms with Crippen molar-refractivity contribution in [2.75, 3.05) is 19.8 Å². The van der Waals surface area contributed by atoms with Crippen molar-refractivity contribution in [1.82, 2.24) is 14.7 Å². The van der Waals surface area contributed by atoms with E-state index in [1.54, 1.807) is 0 Å². The van der Waals surface area contributed by atoms with E-state index < -0.39 is 12.1 Å². The number of halogens is 3. The highest BCUT2D eigenvalue weighted by atomic mass is 19.4. The summed E-state index contributed by atoms with van der Waals surface area (Å²) in [7, 11) is 1.96. The summed E-state index contributed by atoms with van der Waals surface area (Å²) in [5.41, 5.74) is 1.27. The average molecular weight is 391 g/mol. The van der Waals surface area contributed by atoms with Gasteiger partial charge in [-0.1, -0.05) is 6.08 Å². The molecule has 0 aromatic carbocycles. The third kappa shape index (κ3) is 6.05. The monoisotopic (exact) mass is 391 g/mol. The average Bonchev–Trinajstić information content (AvgIpc) is 3.19. The number of hydrogen-bond donors (Lipinski definition) is 1. The number of hydrogen-bond acceptors (Lipinski definition) is 5. The lowest BCUT2D eigenvalue weighted by atomic mass is 10.1. The molecule has 0 radical (unpaired) electrons. The maximum atomic E-state index is 10.6. The Kier molecular flexibility index (Phi) is 7.40. The summed E-state index contributed by atoms with van der Waals surface area (Å²) in [6.07, 6.45) is 3.41. The molecule has 1 saturated heterocycles. The van der Waals surface area contributed by atoms with Crippen LogP contribution in [-0.2, 0) is 27.9 Å². The normalized spacial score (nSPS) is 25.4. The van der Waals surface area contributed by atoms with E-state index in [0.29, 0.717) is 12.6 Å². The number of carboxylic acid groups (broad SMARTS) is 1. The number of carbonyl (C=O) groups is 1. The fraction of sp³-hybridized carbons (Fsp3) is 0.647. The van der Waals surface area contributed by atoms with Crippen molar-refractivity contribution in [2.24, 2.45) is 7.05 Å². The number of aromatic nitrogens is 2. The number of ether oxygens (including phenoxy) is 2. The smallest absolute Gasteiger partial charge is 0.475 e. The molecular weight excluding hydrogens is 367 g/mol. The van der Waals surface area contributed by atoms with Crippen LogP contribution in [0.2, 0.25) is 0 Å². The molecule has 7 nitrogen and oxygen atoms in total. The van der Waals surface area contributed by atoms with Crippen molar-refractivity contribution in [1.29, 1.82) is 0 Å². The molecule has 0 spiro atoms. The van der Waals surface area contributed by atoms with E-state index >= 15 is 0 Å². The van der Waals surface area contributed by atoms with Gasteiger partial charge in [-0.2, -0.15) is 18.3 Å². The minimum absolute atomic E-state index is 0.209. The SMILES string of the molecule is C=CCO[C@@H]1CC[C@H]2[C@H]1OCCN2Cc1cnn(C)c1.O=C(O)C(F)(F)F. The van der Waals surface area contributed by atoms with Gasteiger partial charge in [0.2, 0.25) is 0 Å². The molecule has 1 saturated carbocycles. The summed E-state index contributed by atoms with van der Waals surface area (Å²) >= 11 is 0. The van der Waals surface area contributed by atoms with Crippen LogP contribution in [0, 0.1) is 0 Å². The van der Waals surface area contributed by atoms with E-state index in [4.69, 9.17) is 19.4 Å². The zero-order valence-corrected chi connectivity index (χ0v) is 15.1. The van der Waals surface area contributed by atoms with Crippen molar-refractivity contribution in [3.05, 3.63) is 30.6 Å². The van der Waals surface area contributed by atoms with Crippen LogP contribution >= 0.6 is 0 Å². The van der Waals surface area contributed by atoms with Crippen molar-refractivity contribution in [3.8, 4) is 0 Å². The molecule has 152 valence electrons. The van der Waals surface area contributed by atoms with Gasteiger partial charge in [0.1, 0.15) is 0 Å². The van der Waals surface area contributed by atoms with Crippen LogP contribution in [0.5, 0.6) is 0 Å². The van der Waals surface area contributed by atoms with Crippen LogP contribution in [0.4, 0.5) is 13.2 Å². The summed E-state index contributed by atoms with van der Waals surface area (Å²) in [5.74, 6) is -2.76. The quantitative estimate of drug-likeness (QED) is 0.774. The van der Waals surface area contributed by atoms with Gasteiger partial charge in [0.25, 0.3) is 0 Å². The zero-order chi connectivity index (χ0) is 20.0. The number of aliphatic carboxylic acids is 1. The number of fused-ring (bicyclic) bond motifs is 1. The third-order valence-electron chi connectivity index (χ3n) is 4.47. The molecule has 1 aliphatic heterocycles. The van der Waals surface area contributed by atoms with E-state index in [1.807, 2.05) is 24.0 Å². The molecule has 0 bridgehead atoms. The molecular formula is C17H24F3N3O4. The second-order valence-electron chi connectivity index (χ2n) is 6.44. The summed E-state index contributed by atoms with van der Waals surface area (Å²) in [6.45, 7) is 7.05. The summed E-state index contributed by atoms with van der Waals surface area (Å²) < 4.78 is 45.4. The molecule has 10 heteroatoms. The summed E-state index contributed by atoms with van der Waals surface area (Å²) in [6, 6.07) is 0.471. The van der Waals surface area contributed by atoms with Crippen molar-refractivity contribution >= 4 is 5.97 Å². The predicted octanol–water partition coefficient (Wildman–Crippen LogP) is 1.99. The van der Waals surface area contributed by atoms with Gasteiger partial charge in [0, 0.05) is 37.9 Å². The Morgan fingerprint density at radius 1 is 1.52 bits per heavy atom. The molecule has 2 heterocycles. The van der Waals surface area contributed by atoms with Gasteiger partial charge in [0.05, 0.1) is 31.6 Å². The number of carboxylic acids is 1. The van der Waals surface area contributed by atoms with E-state index in [0.717, 1.165) is 32.5 Å². The van der Waals surface area contributed by atoms with Gasteiger partial charge in [-0.15, -0.1) is 6.58 Å². The fourth-order valence-corrected chi connectivity index (χ4v) is 3.35. The maximum absolute atomic E-state index is 10.6. The first-order valence-corrected chi connectivity index (χ1v) is 8.58. The summed E-state index contributed by atoms with van der Waals surface area (Å²) in [4.78, 5) is 11.4. The predicted molar refractivity (Wildman–Crippen MR) is 90.0 cm³/mol. The largest absolute Gasteiger partial charge is 0.490 e. The van der Waals surface area contributed by atoms with Gasteiger partial charge in [-0.25, -0.2) is 4.79 Å². The minimum atomic E-state index is -5.08. The highest BCUT2D eigenvalue weighted by Gasteiger charge is 2.43. The molecule has 1 N–H and O–H groups in total. The van der Waals surface area contributed by atoms with Crippen LogP contribution < -0.4 is 0 Å². The molecule has 1 aliphatic carbocycles. The molecule has 1 aromatic rings. The van der Waals surface area contributed by atoms with Crippen LogP contribution in [0.3, 0.4) is 0 Å². The van der Waals surface area contributed by atoms with E-state index in [9.17, 15) is 13.2 Å². The minimum Gasteiger partial charge on any atom is -0.475 e. The van der Waals surface area contributed by atoms with Crippen LogP contribution in [-0.4, -0.2) is 69.9 Å². The third-order valence-corrected chi connectivity index (χ3v) is 4.47. The lowest BCUT2D eigenvalue weighted by Gasteiger charge is -2.38. The van der Waals surface area contributed by atoms with Gasteiger partial charge in [0.15, 0.2) is 0 Å². The van der Waals surface area contributed by atoms with E-state index in [2.05, 4.69) is 22.8 Å². The standard InChI is InChI=1S/C15H23N3O2.C2HF3O2/c1-3-7-19-14-5-4-13-15(14)20-8-6-18(13)11-12-9-16-17(2)10-12;3-2(4,5)1(6)7/h3,9-10,13-15H,1,4-8,11H2,2H3;(H,6,7)/t13-,14+,15+;/m0./s1. The van der Waals surface area contributed by atoms with E-state index in [-0.39, 0.29) is 12.2 Å². The Bertz CT molecular complexity index is 635.